The van der Waals surface area contributed by atoms with Crippen LogP contribution in [0.25, 0.3) is 0 Å². The van der Waals surface area contributed by atoms with Crippen molar-refractivity contribution in [3.05, 3.63) is 0 Å². The molecule has 0 aliphatic carbocycles. The van der Waals surface area contributed by atoms with Crippen molar-refractivity contribution in [2.24, 2.45) is 5.73 Å². The molecule has 0 heterocycles. The zero-order chi connectivity index (χ0) is 9.72. The Balaban J connectivity index is 4.08. The summed E-state index contributed by atoms with van der Waals surface area (Å²) in [5.74, 6) is -0.949. The molecule has 12 heavy (non-hydrogen) atoms. The van der Waals surface area contributed by atoms with E-state index in [1.165, 1.54) is 0 Å². The molecule has 0 aromatic rings. The molecule has 0 unspecified atom stereocenters. The maximum Gasteiger partial charge on any atom is 0.189 e. The minimum absolute atomic E-state index is 0.267. The van der Waals surface area contributed by atoms with Crippen LogP contribution in [0.4, 0.5) is 0 Å². The van der Waals surface area contributed by atoms with Gasteiger partial charge in [-0.2, -0.15) is 0 Å². The minimum Gasteiger partial charge on any atom is -0.389 e. The number of hydrogen-bond acceptors (Lipinski definition) is 6. The van der Waals surface area contributed by atoms with Gasteiger partial charge in [0.05, 0.1) is 6.10 Å². The Morgan fingerprint density at radius 3 is 2.17 bits per heavy atom. The zero-order valence-corrected chi connectivity index (χ0v) is 6.42. The van der Waals surface area contributed by atoms with Gasteiger partial charge in [0.2, 0.25) is 0 Å². The Bertz CT molecular complexity index is 151. The monoisotopic (exact) mass is 179 g/mol. The molecule has 0 fully saturated rings. The second-order valence-electron chi connectivity index (χ2n) is 2.36. The number of nitrogens with two attached hydrogens (primary N) is 1. The molecule has 0 bridgehead atoms. The topological polar surface area (TPSA) is 124 Å². The molecule has 0 aliphatic heterocycles. The smallest absolute Gasteiger partial charge is 0.189 e. The zero-order valence-electron chi connectivity index (χ0n) is 6.42. The lowest BCUT2D eigenvalue weighted by Crippen LogP contribution is -2.46. The van der Waals surface area contributed by atoms with Crippen LogP contribution in [0.15, 0.2) is 0 Å². The molecule has 0 aromatic heterocycles. The van der Waals surface area contributed by atoms with Gasteiger partial charge in [-0.1, -0.05) is 0 Å². The van der Waals surface area contributed by atoms with Gasteiger partial charge in [-0.25, -0.2) is 0 Å². The van der Waals surface area contributed by atoms with Crippen LogP contribution < -0.4 is 5.73 Å². The third-order valence-electron chi connectivity index (χ3n) is 1.44. The first-order valence-corrected chi connectivity index (χ1v) is 3.42. The second kappa shape index (κ2) is 5.18. The maximum atomic E-state index is 10.6. The Labute approximate surface area is 69.2 Å². The second-order valence-corrected chi connectivity index (χ2v) is 2.36. The predicted octanol–water partition coefficient (Wildman–Crippen LogP) is -3.41. The van der Waals surface area contributed by atoms with Crippen LogP contribution >= 0.6 is 0 Å². The van der Waals surface area contributed by atoms with Gasteiger partial charge in [0.25, 0.3) is 0 Å². The highest BCUT2D eigenvalue weighted by atomic mass is 16.4. The lowest BCUT2D eigenvalue weighted by Gasteiger charge is -2.19. The van der Waals surface area contributed by atoms with Gasteiger partial charge in [0, 0.05) is 6.54 Å². The molecule has 0 saturated carbocycles. The predicted molar refractivity (Wildman–Crippen MR) is 39.2 cm³/mol. The van der Waals surface area contributed by atoms with E-state index < -0.39 is 30.7 Å². The van der Waals surface area contributed by atoms with Crippen molar-refractivity contribution in [2.45, 2.75) is 18.3 Å². The summed E-state index contributed by atoms with van der Waals surface area (Å²) in [5.41, 5.74) is 4.96. The summed E-state index contributed by atoms with van der Waals surface area (Å²) >= 11 is 0. The Morgan fingerprint density at radius 1 is 1.33 bits per heavy atom. The lowest BCUT2D eigenvalue weighted by atomic mass is 10.1. The van der Waals surface area contributed by atoms with Crippen LogP contribution in [0.1, 0.15) is 0 Å². The third kappa shape index (κ3) is 2.84. The average Bonchev–Trinajstić information content (AvgIpc) is 2.12. The van der Waals surface area contributed by atoms with E-state index >= 15 is 0 Å². The summed E-state index contributed by atoms with van der Waals surface area (Å²) in [4.78, 5) is 10.6. The molecule has 0 rings (SSSR count). The molecule has 6 N–H and O–H groups in total. The van der Waals surface area contributed by atoms with Gasteiger partial charge in [-0.3, -0.25) is 4.79 Å². The third-order valence-corrected chi connectivity index (χ3v) is 1.44. The van der Waals surface area contributed by atoms with Crippen LogP contribution in [-0.4, -0.2) is 57.7 Å². The molecule has 6 nitrogen and oxygen atoms in total. The van der Waals surface area contributed by atoms with E-state index in [4.69, 9.17) is 26.2 Å². The molecule has 0 aromatic carbocycles. The Morgan fingerprint density at radius 2 is 1.83 bits per heavy atom. The molecule has 72 valence electrons. The highest BCUT2D eigenvalue weighted by Gasteiger charge is 2.28. The summed E-state index contributed by atoms with van der Waals surface area (Å²) in [6.45, 7) is -1.15. The normalized spacial score (nSPS) is 18.4. The molecular weight excluding hydrogens is 166 g/mol. The molecule has 0 saturated heterocycles. The van der Waals surface area contributed by atoms with Gasteiger partial charge in [0.1, 0.15) is 18.8 Å². The van der Waals surface area contributed by atoms with E-state index in [-0.39, 0.29) is 6.54 Å². The van der Waals surface area contributed by atoms with E-state index in [0.29, 0.717) is 0 Å². The van der Waals surface area contributed by atoms with Crippen LogP contribution in [0.3, 0.4) is 0 Å². The SMILES string of the molecule is NC[C@H](O)[C@@H](O)[C@H](O)C(=O)CO. The average molecular weight is 179 g/mol. The summed E-state index contributed by atoms with van der Waals surface area (Å²) in [6.07, 6.45) is -4.79. The quantitative estimate of drug-likeness (QED) is 0.299. The number of Topliss-reactive ketones (excluding diaryl/α,β-unsaturated/α-hetero) is 1. The largest absolute Gasteiger partial charge is 0.389 e. The summed E-state index contributed by atoms with van der Waals surface area (Å²) in [5, 5.41) is 35.0. The number of aliphatic hydroxyl groups is 4. The highest BCUT2D eigenvalue weighted by molar-refractivity contribution is 5.84. The molecular formula is C6H13NO5. The van der Waals surface area contributed by atoms with Crippen LogP contribution in [-0.2, 0) is 4.79 Å². The number of hydrogen-bond donors (Lipinski definition) is 5. The summed E-state index contributed by atoms with van der Waals surface area (Å²) in [6, 6.07) is 0. The number of aliphatic hydroxyl groups excluding tert-OH is 4. The number of carbonyl (C=O) groups is 1. The van der Waals surface area contributed by atoms with E-state index in [9.17, 15) is 4.79 Å². The summed E-state index contributed by atoms with van der Waals surface area (Å²) in [7, 11) is 0. The standard InChI is InChI=1S/C6H13NO5/c7-1-3(9)5(11)6(12)4(10)2-8/h3,5-6,8-9,11-12H,1-2,7H2/t3-,5+,6+/m0/s1. The highest BCUT2D eigenvalue weighted by Crippen LogP contribution is 1.99. The van der Waals surface area contributed by atoms with Crippen LogP contribution in [0, 0.1) is 0 Å². The molecule has 3 atom stereocenters. The fraction of sp³-hybridized carbons (Fsp3) is 0.833. The molecule has 0 aliphatic rings. The fourth-order valence-corrected chi connectivity index (χ4v) is 0.634. The fourth-order valence-electron chi connectivity index (χ4n) is 0.634. The summed E-state index contributed by atoms with van der Waals surface area (Å²) < 4.78 is 0. The van der Waals surface area contributed by atoms with E-state index in [2.05, 4.69) is 0 Å². The van der Waals surface area contributed by atoms with Crippen molar-refractivity contribution in [3.63, 3.8) is 0 Å². The van der Waals surface area contributed by atoms with Gasteiger partial charge in [-0.05, 0) is 0 Å². The number of ketones is 1. The molecule has 0 spiro atoms. The van der Waals surface area contributed by atoms with Crippen molar-refractivity contribution < 1.29 is 25.2 Å². The van der Waals surface area contributed by atoms with Crippen molar-refractivity contribution in [1.82, 2.24) is 0 Å². The van der Waals surface area contributed by atoms with Crippen molar-refractivity contribution >= 4 is 5.78 Å². The number of rotatable bonds is 5. The molecule has 0 amide bonds. The van der Waals surface area contributed by atoms with Gasteiger partial charge in [0.15, 0.2) is 5.78 Å². The van der Waals surface area contributed by atoms with Crippen LogP contribution in [0.2, 0.25) is 0 Å². The number of carbonyl (C=O) groups excluding carboxylic acids is 1. The first-order chi connectivity index (χ1) is 5.54. The van der Waals surface area contributed by atoms with Gasteiger partial charge >= 0.3 is 0 Å². The lowest BCUT2D eigenvalue weighted by molar-refractivity contribution is -0.140. The van der Waals surface area contributed by atoms with Crippen molar-refractivity contribution in [2.75, 3.05) is 13.2 Å². The molecule has 0 radical (unpaired) electrons. The van der Waals surface area contributed by atoms with E-state index in [1.54, 1.807) is 0 Å². The van der Waals surface area contributed by atoms with Crippen molar-refractivity contribution in [3.8, 4) is 0 Å². The van der Waals surface area contributed by atoms with Crippen LogP contribution in [0.5, 0.6) is 0 Å². The first-order valence-electron chi connectivity index (χ1n) is 3.42. The van der Waals surface area contributed by atoms with Gasteiger partial charge in [-0.15, -0.1) is 0 Å². The van der Waals surface area contributed by atoms with Crippen molar-refractivity contribution in [1.29, 1.82) is 0 Å². The van der Waals surface area contributed by atoms with E-state index in [0.717, 1.165) is 0 Å². The Hall–Kier alpha value is -0.530. The van der Waals surface area contributed by atoms with E-state index in [1.807, 2.05) is 0 Å². The Kier molecular flexibility index (Phi) is 4.95. The van der Waals surface area contributed by atoms with Gasteiger partial charge < -0.3 is 26.2 Å². The first kappa shape index (κ1) is 11.5. The minimum atomic E-state index is -1.78. The molecule has 6 heteroatoms. The maximum absolute atomic E-state index is 10.6.